The number of rotatable bonds is 10. The second kappa shape index (κ2) is 10.6. The predicted molar refractivity (Wildman–Crippen MR) is 132 cm³/mol. The SMILES string of the molecule is Cn1c(CNc2ccc(CN=N)cc2)nc2cc(C(=O)N(CCC(=O)O)c3ccccn3)ccc21. The molecule has 4 aromatic rings. The number of carboxylic acids is 1. The van der Waals surface area contributed by atoms with Gasteiger partial charge in [0, 0.05) is 31.0 Å². The maximum absolute atomic E-state index is 13.3. The maximum Gasteiger partial charge on any atom is 0.305 e. The third-order valence-corrected chi connectivity index (χ3v) is 5.61. The number of amides is 1. The van der Waals surface area contributed by atoms with Crippen LogP contribution in [0.15, 0.2) is 72.0 Å². The van der Waals surface area contributed by atoms with Crippen molar-refractivity contribution in [2.75, 3.05) is 16.8 Å². The number of carboxylic acid groups (broad SMARTS) is 1. The Bertz CT molecular complexity index is 1350. The number of aryl methyl sites for hydroxylation is 1. The Morgan fingerprint density at radius 2 is 1.94 bits per heavy atom. The van der Waals surface area contributed by atoms with Crippen LogP contribution in [-0.4, -0.2) is 38.1 Å². The zero-order valence-electron chi connectivity index (χ0n) is 19.2. The largest absolute Gasteiger partial charge is 0.481 e. The number of anilines is 2. The van der Waals surface area contributed by atoms with E-state index in [1.54, 1.807) is 36.5 Å². The summed E-state index contributed by atoms with van der Waals surface area (Å²) in [6, 6.07) is 18.2. The van der Waals surface area contributed by atoms with E-state index in [0.29, 0.717) is 30.0 Å². The highest BCUT2D eigenvalue weighted by Crippen LogP contribution is 2.21. The minimum absolute atomic E-state index is 0.00921. The quantitative estimate of drug-likeness (QED) is 0.296. The van der Waals surface area contributed by atoms with Gasteiger partial charge in [0.1, 0.15) is 11.6 Å². The number of imidazole rings is 1. The van der Waals surface area contributed by atoms with E-state index in [1.165, 1.54) is 4.90 Å². The lowest BCUT2D eigenvalue weighted by molar-refractivity contribution is -0.136. The van der Waals surface area contributed by atoms with Crippen LogP contribution in [-0.2, 0) is 24.9 Å². The van der Waals surface area contributed by atoms with Gasteiger partial charge >= 0.3 is 5.97 Å². The van der Waals surface area contributed by atoms with Crippen molar-refractivity contribution in [3.05, 3.63) is 83.8 Å². The molecule has 0 aliphatic rings. The summed E-state index contributed by atoms with van der Waals surface area (Å²) in [6.07, 6.45) is 1.37. The van der Waals surface area contributed by atoms with Crippen LogP contribution >= 0.6 is 0 Å². The standard InChI is InChI=1S/C25H25N7O3/c1-31-21-10-7-18(25(35)32(13-11-24(33)34)22-4-2-3-12-27-22)14-20(21)30-23(31)16-28-19-8-5-17(6-9-19)15-29-26/h2-10,12,14,26,28H,11,13,15-16H2,1H3,(H,33,34). The van der Waals surface area contributed by atoms with Crippen molar-refractivity contribution in [2.24, 2.45) is 12.2 Å². The molecule has 1 amide bonds. The number of aliphatic carboxylic acids is 1. The van der Waals surface area contributed by atoms with Crippen LogP contribution in [0, 0.1) is 5.53 Å². The van der Waals surface area contributed by atoms with Crippen LogP contribution in [0.2, 0.25) is 0 Å². The second-order valence-corrected chi connectivity index (χ2v) is 7.95. The Kier molecular flexibility index (Phi) is 7.10. The van der Waals surface area contributed by atoms with Crippen LogP contribution in [0.1, 0.15) is 28.2 Å². The zero-order chi connectivity index (χ0) is 24.8. The first-order chi connectivity index (χ1) is 17.0. The Labute approximate surface area is 201 Å². The Balaban J connectivity index is 1.55. The van der Waals surface area contributed by atoms with E-state index in [2.05, 4.69) is 15.4 Å². The molecule has 2 aromatic heterocycles. The number of aromatic nitrogens is 3. The molecule has 0 saturated heterocycles. The van der Waals surface area contributed by atoms with E-state index >= 15 is 0 Å². The van der Waals surface area contributed by atoms with Crippen LogP contribution < -0.4 is 10.2 Å². The fourth-order valence-electron chi connectivity index (χ4n) is 3.74. The van der Waals surface area contributed by atoms with Gasteiger partial charge in [0.2, 0.25) is 0 Å². The first-order valence-corrected chi connectivity index (χ1v) is 11.0. The van der Waals surface area contributed by atoms with E-state index in [4.69, 9.17) is 15.6 Å². The van der Waals surface area contributed by atoms with Crippen molar-refractivity contribution < 1.29 is 14.7 Å². The average Bonchev–Trinajstić information content (AvgIpc) is 3.19. The van der Waals surface area contributed by atoms with Gasteiger partial charge in [-0.2, -0.15) is 5.11 Å². The number of fused-ring (bicyclic) bond motifs is 1. The first kappa shape index (κ1) is 23.6. The summed E-state index contributed by atoms with van der Waals surface area (Å²) >= 11 is 0. The molecule has 178 valence electrons. The topological polar surface area (TPSA) is 137 Å². The average molecular weight is 472 g/mol. The number of hydrogen-bond acceptors (Lipinski definition) is 7. The van der Waals surface area contributed by atoms with Crippen molar-refractivity contribution in [3.8, 4) is 0 Å². The summed E-state index contributed by atoms with van der Waals surface area (Å²) < 4.78 is 1.96. The van der Waals surface area contributed by atoms with Crippen LogP contribution in [0.3, 0.4) is 0 Å². The number of benzene rings is 2. The summed E-state index contributed by atoms with van der Waals surface area (Å²) in [5.74, 6) is -0.136. The summed E-state index contributed by atoms with van der Waals surface area (Å²) in [5.41, 5.74) is 10.8. The lowest BCUT2D eigenvalue weighted by atomic mass is 10.1. The number of nitrogens with zero attached hydrogens (tertiary/aromatic N) is 5. The fraction of sp³-hybridized carbons (Fsp3) is 0.200. The molecule has 3 N–H and O–H groups in total. The molecular formula is C25H25N7O3. The molecule has 10 nitrogen and oxygen atoms in total. The van der Waals surface area contributed by atoms with Crippen LogP contribution in [0.5, 0.6) is 0 Å². The highest BCUT2D eigenvalue weighted by Gasteiger charge is 2.21. The minimum atomic E-state index is -0.989. The molecule has 0 spiro atoms. The van der Waals surface area contributed by atoms with Gasteiger partial charge in [0.05, 0.1) is 30.5 Å². The molecule has 10 heteroatoms. The Morgan fingerprint density at radius 3 is 2.63 bits per heavy atom. The van der Waals surface area contributed by atoms with E-state index in [0.717, 1.165) is 22.6 Å². The lowest BCUT2D eigenvalue weighted by Crippen LogP contribution is -2.33. The predicted octanol–water partition coefficient (Wildman–Crippen LogP) is 4.23. The molecule has 35 heavy (non-hydrogen) atoms. The maximum atomic E-state index is 13.3. The molecule has 0 unspecified atom stereocenters. The van der Waals surface area contributed by atoms with Crippen molar-refractivity contribution >= 4 is 34.4 Å². The molecule has 0 bridgehead atoms. The normalized spacial score (nSPS) is 10.8. The van der Waals surface area contributed by atoms with Crippen LogP contribution in [0.4, 0.5) is 11.5 Å². The number of pyridine rings is 1. The molecule has 0 fully saturated rings. The monoisotopic (exact) mass is 471 g/mol. The summed E-state index contributed by atoms with van der Waals surface area (Å²) in [7, 11) is 1.92. The molecule has 4 rings (SSSR count). The molecule has 0 atom stereocenters. The third-order valence-electron chi connectivity index (χ3n) is 5.61. The Hall–Kier alpha value is -4.60. The van der Waals surface area contributed by atoms with Crippen molar-refractivity contribution in [2.45, 2.75) is 19.5 Å². The van der Waals surface area contributed by atoms with E-state index < -0.39 is 5.97 Å². The lowest BCUT2D eigenvalue weighted by Gasteiger charge is -2.21. The third kappa shape index (κ3) is 5.49. The minimum Gasteiger partial charge on any atom is -0.481 e. The van der Waals surface area contributed by atoms with E-state index in [-0.39, 0.29) is 18.9 Å². The summed E-state index contributed by atoms with van der Waals surface area (Å²) in [5, 5.41) is 15.8. The van der Waals surface area contributed by atoms with Gasteiger partial charge in [-0.1, -0.05) is 18.2 Å². The number of carbonyl (C=O) groups is 2. The second-order valence-electron chi connectivity index (χ2n) is 7.95. The van der Waals surface area contributed by atoms with Gasteiger partial charge < -0.3 is 15.0 Å². The van der Waals surface area contributed by atoms with Crippen molar-refractivity contribution in [1.82, 2.24) is 14.5 Å². The number of hydrogen-bond donors (Lipinski definition) is 3. The molecule has 0 aliphatic heterocycles. The van der Waals surface area contributed by atoms with E-state index in [9.17, 15) is 9.59 Å². The van der Waals surface area contributed by atoms with Gasteiger partial charge in [0.25, 0.3) is 5.91 Å². The van der Waals surface area contributed by atoms with Crippen LogP contribution in [0.25, 0.3) is 11.0 Å². The van der Waals surface area contributed by atoms with Gasteiger partial charge in [-0.3, -0.25) is 14.5 Å². The van der Waals surface area contributed by atoms with E-state index in [1.807, 2.05) is 41.9 Å². The zero-order valence-corrected chi connectivity index (χ0v) is 19.2. The molecule has 2 aromatic carbocycles. The smallest absolute Gasteiger partial charge is 0.305 e. The Morgan fingerprint density at radius 1 is 1.14 bits per heavy atom. The molecular weight excluding hydrogens is 446 g/mol. The van der Waals surface area contributed by atoms with Gasteiger partial charge in [-0.15, -0.1) is 0 Å². The number of nitrogens with one attached hydrogen (secondary N) is 2. The van der Waals surface area contributed by atoms with Crippen molar-refractivity contribution in [1.29, 1.82) is 5.53 Å². The van der Waals surface area contributed by atoms with Gasteiger partial charge in [0.15, 0.2) is 0 Å². The van der Waals surface area contributed by atoms with Gasteiger partial charge in [-0.25, -0.2) is 15.5 Å². The molecule has 0 saturated carbocycles. The highest BCUT2D eigenvalue weighted by molar-refractivity contribution is 6.07. The number of carbonyl (C=O) groups excluding carboxylic acids is 1. The summed E-state index contributed by atoms with van der Waals surface area (Å²) in [6.45, 7) is 0.852. The molecule has 0 radical (unpaired) electrons. The highest BCUT2D eigenvalue weighted by atomic mass is 16.4. The molecule has 0 aliphatic carbocycles. The first-order valence-electron chi connectivity index (χ1n) is 11.0. The summed E-state index contributed by atoms with van der Waals surface area (Å²) in [4.78, 5) is 34.7. The fourth-order valence-corrected chi connectivity index (χ4v) is 3.74. The molecule has 2 heterocycles. The van der Waals surface area contributed by atoms with Crippen molar-refractivity contribution in [3.63, 3.8) is 0 Å². The van der Waals surface area contributed by atoms with Gasteiger partial charge in [-0.05, 0) is 48.0 Å².